The standard InChI is InChI=1S/C14H16N2O3/c17-7-2-1-6-14(18)16-12-5-3-4-11(8-12)13-9-15-10-19-13/h3-5,8-10,17H,1-2,6-7H2,(H,16,18). The number of carbonyl (C=O) groups excluding carboxylic acids is 1. The van der Waals surface area contributed by atoms with E-state index >= 15 is 0 Å². The van der Waals surface area contributed by atoms with Gasteiger partial charge < -0.3 is 14.8 Å². The molecule has 19 heavy (non-hydrogen) atoms. The lowest BCUT2D eigenvalue weighted by Gasteiger charge is -2.06. The number of rotatable bonds is 6. The quantitative estimate of drug-likeness (QED) is 0.782. The first kappa shape index (κ1) is 13.3. The Balaban J connectivity index is 1.97. The number of aromatic nitrogens is 1. The zero-order valence-electron chi connectivity index (χ0n) is 10.5. The second-order valence-corrected chi connectivity index (χ2v) is 4.18. The topological polar surface area (TPSA) is 75.4 Å². The molecule has 1 amide bonds. The maximum absolute atomic E-state index is 11.7. The lowest BCUT2D eigenvalue weighted by atomic mass is 10.1. The van der Waals surface area contributed by atoms with Gasteiger partial charge in [-0.1, -0.05) is 12.1 Å². The van der Waals surface area contributed by atoms with Crippen LogP contribution in [0.15, 0.2) is 41.3 Å². The van der Waals surface area contributed by atoms with Crippen molar-refractivity contribution < 1.29 is 14.3 Å². The van der Waals surface area contributed by atoms with Gasteiger partial charge in [-0.3, -0.25) is 4.79 Å². The Bertz CT molecular complexity index is 523. The highest BCUT2D eigenvalue weighted by atomic mass is 16.3. The number of aliphatic hydroxyl groups excluding tert-OH is 1. The van der Waals surface area contributed by atoms with Gasteiger partial charge in [-0.05, 0) is 25.0 Å². The molecule has 100 valence electrons. The first-order valence-electron chi connectivity index (χ1n) is 6.19. The molecule has 2 N–H and O–H groups in total. The molecule has 0 spiro atoms. The summed E-state index contributed by atoms with van der Waals surface area (Å²) in [6, 6.07) is 7.40. The molecule has 2 aromatic rings. The smallest absolute Gasteiger partial charge is 0.224 e. The molecule has 1 heterocycles. The third kappa shape index (κ3) is 3.93. The minimum Gasteiger partial charge on any atom is -0.444 e. The Morgan fingerprint density at radius 2 is 2.26 bits per heavy atom. The third-order valence-corrected chi connectivity index (χ3v) is 2.68. The maximum Gasteiger partial charge on any atom is 0.224 e. The molecule has 0 atom stereocenters. The molecule has 0 aliphatic heterocycles. The number of carbonyl (C=O) groups is 1. The first-order valence-corrected chi connectivity index (χ1v) is 6.19. The van der Waals surface area contributed by atoms with Crippen LogP contribution in [0.1, 0.15) is 19.3 Å². The van der Waals surface area contributed by atoms with Crippen LogP contribution in [-0.4, -0.2) is 22.6 Å². The summed E-state index contributed by atoms with van der Waals surface area (Å²) in [5.41, 5.74) is 1.59. The van der Waals surface area contributed by atoms with Crippen molar-refractivity contribution in [1.82, 2.24) is 4.98 Å². The van der Waals surface area contributed by atoms with Gasteiger partial charge in [0.05, 0.1) is 6.20 Å². The van der Waals surface area contributed by atoms with Crippen LogP contribution in [0.4, 0.5) is 5.69 Å². The molecule has 0 unspecified atom stereocenters. The summed E-state index contributed by atoms with van der Waals surface area (Å²) >= 11 is 0. The van der Waals surface area contributed by atoms with Gasteiger partial charge in [0.2, 0.25) is 5.91 Å². The Hall–Kier alpha value is -2.14. The molecule has 1 aromatic carbocycles. The molecular formula is C14H16N2O3. The van der Waals surface area contributed by atoms with Crippen LogP contribution in [0, 0.1) is 0 Å². The monoisotopic (exact) mass is 260 g/mol. The van der Waals surface area contributed by atoms with E-state index in [4.69, 9.17) is 9.52 Å². The van der Waals surface area contributed by atoms with Crippen LogP contribution in [0.25, 0.3) is 11.3 Å². The second kappa shape index (κ2) is 6.70. The van der Waals surface area contributed by atoms with E-state index in [2.05, 4.69) is 10.3 Å². The molecule has 0 aliphatic rings. The van der Waals surface area contributed by atoms with Gasteiger partial charge >= 0.3 is 0 Å². The highest BCUT2D eigenvalue weighted by Gasteiger charge is 2.05. The molecular weight excluding hydrogens is 244 g/mol. The van der Waals surface area contributed by atoms with Gasteiger partial charge in [-0.2, -0.15) is 0 Å². The summed E-state index contributed by atoms with van der Waals surface area (Å²) in [5, 5.41) is 11.5. The first-order chi connectivity index (χ1) is 9.29. The van der Waals surface area contributed by atoms with Crippen molar-refractivity contribution in [3.8, 4) is 11.3 Å². The average molecular weight is 260 g/mol. The van der Waals surface area contributed by atoms with E-state index in [0.29, 0.717) is 25.0 Å². The van der Waals surface area contributed by atoms with Crippen molar-refractivity contribution in [3.05, 3.63) is 36.9 Å². The number of oxazole rings is 1. The molecule has 0 saturated carbocycles. The van der Waals surface area contributed by atoms with Crippen molar-refractivity contribution in [3.63, 3.8) is 0 Å². The number of anilines is 1. The number of nitrogens with zero attached hydrogens (tertiary/aromatic N) is 1. The Morgan fingerprint density at radius 1 is 1.37 bits per heavy atom. The van der Waals surface area contributed by atoms with Crippen molar-refractivity contribution in [2.75, 3.05) is 11.9 Å². The summed E-state index contributed by atoms with van der Waals surface area (Å²) in [5.74, 6) is 0.611. The number of nitrogens with one attached hydrogen (secondary N) is 1. The average Bonchev–Trinajstić information content (AvgIpc) is 2.93. The minimum atomic E-state index is -0.0526. The van der Waals surface area contributed by atoms with Crippen LogP contribution in [-0.2, 0) is 4.79 Å². The van der Waals surface area contributed by atoms with E-state index in [1.807, 2.05) is 24.3 Å². The molecule has 5 nitrogen and oxygen atoms in total. The highest BCUT2D eigenvalue weighted by molar-refractivity contribution is 5.91. The predicted octanol–water partition coefficient (Wildman–Crippen LogP) is 2.44. The molecule has 0 aliphatic carbocycles. The zero-order chi connectivity index (χ0) is 13.5. The molecule has 0 saturated heterocycles. The summed E-state index contributed by atoms with van der Waals surface area (Å²) < 4.78 is 5.21. The van der Waals surface area contributed by atoms with E-state index in [-0.39, 0.29) is 12.5 Å². The minimum absolute atomic E-state index is 0.0526. The molecule has 5 heteroatoms. The SMILES string of the molecule is O=C(CCCCO)Nc1cccc(-c2cnco2)c1. The molecule has 0 radical (unpaired) electrons. The van der Waals surface area contributed by atoms with Crippen LogP contribution in [0.3, 0.4) is 0 Å². The summed E-state index contributed by atoms with van der Waals surface area (Å²) in [7, 11) is 0. The molecule has 0 bridgehead atoms. The highest BCUT2D eigenvalue weighted by Crippen LogP contribution is 2.22. The summed E-state index contributed by atoms with van der Waals surface area (Å²) in [6.45, 7) is 0.119. The fraction of sp³-hybridized carbons (Fsp3) is 0.286. The lowest BCUT2D eigenvalue weighted by Crippen LogP contribution is -2.11. The van der Waals surface area contributed by atoms with Crippen molar-refractivity contribution in [1.29, 1.82) is 0 Å². The van der Waals surface area contributed by atoms with Crippen molar-refractivity contribution in [2.24, 2.45) is 0 Å². The predicted molar refractivity (Wildman–Crippen MR) is 71.5 cm³/mol. The fourth-order valence-corrected chi connectivity index (χ4v) is 1.73. The number of hydrogen-bond acceptors (Lipinski definition) is 4. The van der Waals surface area contributed by atoms with E-state index in [9.17, 15) is 4.79 Å². The maximum atomic E-state index is 11.7. The van der Waals surface area contributed by atoms with Crippen molar-refractivity contribution >= 4 is 11.6 Å². The Morgan fingerprint density at radius 3 is 3.00 bits per heavy atom. The molecule has 0 fully saturated rings. The van der Waals surface area contributed by atoms with E-state index in [0.717, 1.165) is 11.3 Å². The van der Waals surface area contributed by atoms with Gasteiger partial charge in [0.15, 0.2) is 12.2 Å². The number of hydrogen-bond donors (Lipinski definition) is 2. The van der Waals surface area contributed by atoms with Crippen LogP contribution in [0.2, 0.25) is 0 Å². The van der Waals surface area contributed by atoms with Gasteiger partial charge in [0, 0.05) is 24.3 Å². The largest absolute Gasteiger partial charge is 0.444 e. The Labute approximate surface area is 111 Å². The second-order valence-electron chi connectivity index (χ2n) is 4.18. The van der Waals surface area contributed by atoms with Gasteiger partial charge in [0.1, 0.15) is 0 Å². The normalized spacial score (nSPS) is 10.4. The number of benzene rings is 1. The third-order valence-electron chi connectivity index (χ3n) is 2.68. The van der Waals surface area contributed by atoms with Crippen LogP contribution < -0.4 is 5.32 Å². The van der Waals surface area contributed by atoms with Gasteiger partial charge in [0.25, 0.3) is 0 Å². The van der Waals surface area contributed by atoms with Gasteiger partial charge in [-0.25, -0.2) is 4.98 Å². The van der Waals surface area contributed by atoms with Gasteiger partial charge in [-0.15, -0.1) is 0 Å². The van der Waals surface area contributed by atoms with E-state index in [1.54, 1.807) is 6.20 Å². The number of unbranched alkanes of at least 4 members (excludes halogenated alkanes) is 1. The van der Waals surface area contributed by atoms with Crippen LogP contribution in [0.5, 0.6) is 0 Å². The summed E-state index contributed by atoms with van der Waals surface area (Å²) in [6.07, 6.45) is 4.74. The number of aliphatic hydroxyl groups is 1. The zero-order valence-corrected chi connectivity index (χ0v) is 10.5. The fourth-order valence-electron chi connectivity index (χ4n) is 1.73. The summed E-state index contributed by atoms with van der Waals surface area (Å²) in [4.78, 5) is 15.5. The molecule has 2 rings (SSSR count). The number of amides is 1. The van der Waals surface area contributed by atoms with Crippen LogP contribution >= 0.6 is 0 Å². The van der Waals surface area contributed by atoms with E-state index in [1.165, 1.54) is 6.39 Å². The van der Waals surface area contributed by atoms with E-state index < -0.39 is 0 Å². The Kier molecular flexibility index (Phi) is 4.69. The van der Waals surface area contributed by atoms with Crippen molar-refractivity contribution in [2.45, 2.75) is 19.3 Å². The molecule has 1 aromatic heterocycles. The lowest BCUT2D eigenvalue weighted by molar-refractivity contribution is -0.116.